The third-order valence-corrected chi connectivity index (χ3v) is 1.62. The molecular weight excluding hydrogens is 146 g/mol. The van der Waals surface area contributed by atoms with Gasteiger partial charge in [-0.1, -0.05) is 0 Å². The number of carboxylic acid groups (broad SMARTS) is 1. The maximum Gasteiger partial charge on any atom is 0.426 e. The molecule has 0 unspecified atom stereocenters. The predicted octanol–water partition coefficient (Wildman–Crippen LogP) is 0.458. The van der Waals surface area contributed by atoms with Crippen LogP contribution in [0.2, 0.25) is 0 Å². The third kappa shape index (κ3) is 1.52. The van der Waals surface area contributed by atoms with Gasteiger partial charge in [-0.25, -0.2) is 14.8 Å². The Labute approximate surface area is 64.4 Å². The van der Waals surface area contributed by atoms with Crippen LogP contribution in [0.4, 0.5) is 4.79 Å². The molecule has 1 saturated heterocycles. The van der Waals surface area contributed by atoms with Crippen LogP contribution in [0.3, 0.4) is 0 Å². The number of hydrogen-bond donors (Lipinski definition) is 1. The van der Waals surface area contributed by atoms with E-state index in [4.69, 9.17) is 10.4 Å². The smallest absolute Gasteiger partial charge is 0.426 e. The summed E-state index contributed by atoms with van der Waals surface area (Å²) < 4.78 is 0. The van der Waals surface area contributed by atoms with Gasteiger partial charge in [0.1, 0.15) is 0 Å². The van der Waals surface area contributed by atoms with Crippen molar-refractivity contribution in [2.24, 2.45) is 0 Å². The van der Waals surface area contributed by atoms with E-state index in [-0.39, 0.29) is 0 Å². The molecule has 1 aliphatic rings. The normalized spacial score (nSPS) is 17.7. The number of rotatable bonds is 0. The highest BCUT2D eigenvalue weighted by Crippen LogP contribution is 2.08. The van der Waals surface area contributed by atoms with Gasteiger partial charge in [-0.3, -0.25) is 0 Å². The summed E-state index contributed by atoms with van der Waals surface area (Å²) in [5.41, 5.74) is 0. The Morgan fingerprint density at radius 3 is 2.55 bits per heavy atom. The van der Waals surface area contributed by atoms with Crippen LogP contribution in [0.1, 0.15) is 12.8 Å². The first-order valence-corrected chi connectivity index (χ1v) is 3.43. The summed E-state index contributed by atoms with van der Waals surface area (Å²) in [5, 5.41) is 19.3. The Kier molecular flexibility index (Phi) is 2.16. The number of amides is 1. The summed E-state index contributed by atoms with van der Waals surface area (Å²) in [4.78, 5) is 10.5. The molecule has 0 spiro atoms. The number of nitrogens with zero attached hydrogens (tertiary/aromatic N) is 3. The molecule has 0 aliphatic carbocycles. The molecule has 1 amide bonds. The average molecular weight is 155 g/mol. The van der Waals surface area contributed by atoms with Crippen molar-refractivity contribution < 1.29 is 9.90 Å². The summed E-state index contributed by atoms with van der Waals surface area (Å²) in [6, 6.07) is 0. The van der Waals surface area contributed by atoms with Gasteiger partial charge in [-0.05, 0) is 12.8 Å². The van der Waals surface area contributed by atoms with E-state index in [0.29, 0.717) is 13.1 Å². The molecule has 0 radical (unpaired) electrons. The van der Waals surface area contributed by atoms with E-state index in [1.807, 2.05) is 6.19 Å². The van der Waals surface area contributed by atoms with Gasteiger partial charge in [0.25, 0.3) is 0 Å². The maximum absolute atomic E-state index is 10.5. The van der Waals surface area contributed by atoms with Gasteiger partial charge in [0, 0.05) is 6.54 Å². The highest BCUT2D eigenvalue weighted by Gasteiger charge is 2.22. The van der Waals surface area contributed by atoms with Gasteiger partial charge in [0.2, 0.25) is 0 Å². The standard InChI is InChI=1S/C6H9N3O2/c7-5-8-3-1-2-4-9(8)6(10)11/h1-4H2,(H,10,11). The number of hydrazine groups is 1. The second-order valence-electron chi connectivity index (χ2n) is 2.34. The highest BCUT2D eigenvalue weighted by molar-refractivity contribution is 5.64. The monoisotopic (exact) mass is 155 g/mol. The molecular formula is C6H9N3O2. The summed E-state index contributed by atoms with van der Waals surface area (Å²) in [6.45, 7) is 0.950. The van der Waals surface area contributed by atoms with Crippen molar-refractivity contribution in [3.8, 4) is 6.19 Å². The van der Waals surface area contributed by atoms with Crippen molar-refractivity contribution in [3.63, 3.8) is 0 Å². The minimum absolute atomic E-state index is 0.433. The fourth-order valence-electron chi connectivity index (χ4n) is 1.07. The summed E-state index contributed by atoms with van der Waals surface area (Å²) in [6.07, 6.45) is 2.49. The Morgan fingerprint density at radius 2 is 2.09 bits per heavy atom. The van der Waals surface area contributed by atoms with E-state index < -0.39 is 6.09 Å². The van der Waals surface area contributed by atoms with E-state index in [1.54, 1.807) is 0 Å². The Morgan fingerprint density at radius 1 is 1.45 bits per heavy atom. The van der Waals surface area contributed by atoms with E-state index in [0.717, 1.165) is 17.9 Å². The van der Waals surface area contributed by atoms with Crippen LogP contribution in [0.25, 0.3) is 0 Å². The topological polar surface area (TPSA) is 67.6 Å². The molecule has 1 fully saturated rings. The van der Waals surface area contributed by atoms with Gasteiger partial charge in [0.15, 0.2) is 6.19 Å². The van der Waals surface area contributed by atoms with Gasteiger partial charge < -0.3 is 5.11 Å². The zero-order chi connectivity index (χ0) is 8.27. The first-order chi connectivity index (χ1) is 5.25. The maximum atomic E-state index is 10.5. The summed E-state index contributed by atoms with van der Waals surface area (Å²) in [5.74, 6) is 0. The quantitative estimate of drug-likeness (QED) is 0.516. The van der Waals surface area contributed by atoms with Crippen LogP contribution in [-0.4, -0.2) is 34.3 Å². The van der Waals surface area contributed by atoms with Crippen molar-refractivity contribution in [1.82, 2.24) is 10.0 Å². The van der Waals surface area contributed by atoms with Crippen molar-refractivity contribution >= 4 is 6.09 Å². The van der Waals surface area contributed by atoms with Crippen LogP contribution in [-0.2, 0) is 0 Å². The molecule has 1 N–H and O–H groups in total. The second kappa shape index (κ2) is 3.10. The lowest BCUT2D eigenvalue weighted by atomic mass is 10.2. The van der Waals surface area contributed by atoms with E-state index in [9.17, 15) is 4.79 Å². The molecule has 0 bridgehead atoms. The molecule has 60 valence electrons. The van der Waals surface area contributed by atoms with E-state index in [1.165, 1.54) is 5.01 Å². The average Bonchev–Trinajstić information content (AvgIpc) is 2.04. The van der Waals surface area contributed by atoms with Crippen LogP contribution < -0.4 is 0 Å². The van der Waals surface area contributed by atoms with Gasteiger partial charge in [-0.15, -0.1) is 0 Å². The van der Waals surface area contributed by atoms with Crippen LogP contribution >= 0.6 is 0 Å². The zero-order valence-corrected chi connectivity index (χ0v) is 6.03. The number of nitriles is 1. The molecule has 0 aromatic carbocycles. The van der Waals surface area contributed by atoms with Crippen molar-refractivity contribution in [2.45, 2.75) is 12.8 Å². The highest BCUT2D eigenvalue weighted by atomic mass is 16.4. The minimum Gasteiger partial charge on any atom is -0.464 e. The van der Waals surface area contributed by atoms with E-state index in [2.05, 4.69) is 0 Å². The molecule has 1 rings (SSSR count). The van der Waals surface area contributed by atoms with Crippen molar-refractivity contribution in [1.29, 1.82) is 5.26 Å². The lowest BCUT2D eigenvalue weighted by Crippen LogP contribution is -2.47. The Balaban J connectivity index is 2.60. The SMILES string of the molecule is N#CN1CCCCN1C(=O)O. The second-order valence-corrected chi connectivity index (χ2v) is 2.34. The van der Waals surface area contributed by atoms with Crippen LogP contribution in [0.5, 0.6) is 0 Å². The van der Waals surface area contributed by atoms with Crippen LogP contribution in [0.15, 0.2) is 0 Å². The van der Waals surface area contributed by atoms with E-state index >= 15 is 0 Å². The lowest BCUT2D eigenvalue weighted by Gasteiger charge is -2.31. The summed E-state index contributed by atoms with van der Waals surface area (Å²) in [7, 11) is 0. The zero-order valence-electron chi connectivity index (χ0n) is 6.03. The fraction of sp³-hybridized carbons (Fsp3) is 0.667. The first kappa shape index (κ1) is 7.66. The predicted molar refractivity (Wildman–Crippen MR) is 36.3 cm³/mol. The number of carbonyl (C=O) groups is 1. The van der Waals surface area contributed by atoms with Crippen LogP contribution in [0, 0.1) is 11.5 Å². The molecule has 5 nitrogen and oxygen atoms in total. The largest absolute Gasteiger partial charge is 0.464 e. The molecule has 1 heterocycles. The van der Waals surface area contributed by atoms with Gasteiger partial charge >= 0.3 is 6.09 Å². The summed E-state index contributed by atoms with van der Waals surface area (Å²) >= 11 is 0. The first-order valence-electron chi connectivity index (χ1n) is 3.43. The molecule has 0 aromatic rings. The van der Waals surface area contributed by atoms with Crippen molar-refractivity contribution in [2.75, 3.05) is 13.1 Å². The third-order valence-electron chi connectivity index (χ3n) is 1.62. The molecule has 5 heteroatoms. The lowest BCUT2D eigenvalue weighted by molar-refractivity contribution is 0.0136. The van der Waals surface area contributed by atoms with Gasteiger partial charge in [-0.2, -0.15) is 5.26 Å². The Bertz CT molecular complexity index is 198. The fourth-order valence-corrected chi connectivity index (χ4v) is 1.07. The molecule has 0 saturated carbocycles. The molecule has 1 aliphatic heterocycles. The van der Waals surface area contributed by atoms with Gasteiger partial charge in [0.05, 0.1) is 6.54 Å². The van der Waals surface area contributed by atoms with Crippen molar-refractivity contribution in [3.05, 3.63) is 0 Å². The minimum atomic E-state index is -1.05. The molecule has 11 heavy (non-hydrogen) atoms. The molecule has 0 atom stereocenters. The Hall–Kier alpha value is -1.44. The number of hydrogen-bond acceptors (Lipinski definition) is 3. The molecule has 0 aromatic heterocycles.